The molecule has 1 rings (SSSR count). The topological polar surface area (TPSA) is 37.0 Å². The van der Waals surface area contributed by atoms with Gasteiger partial charge in [0.25, 0.3) is 0 Å². The zero-order valence-electron chi connectivity index (χ0n) is 15.8. The van der Waals surface area contributed by atoms with Gasteiger partial charge in [0.1, 0.15) is 0 Å². The second-order valence-corrected chi connectivity index (χ2v) is 7.79. The lowest BCUT2D eigenvalue weighted by Crippen LogP contribution is -2.26. The van der Waals surface area contributed by atoms with E-state index in [0.717, 1.165) is 36.3 Å². The highest BCUT2D eigenvalue weighted by Gasteiger charge is 2.15. The van der Waals surface area contributed by atoms with Crippen LogP contribution in [0.3, 0.4) is 0 Å². The largest absolute Gasteiger partial charge is 0.383 e. The summed E-state index contributed by atoms with van der Waals surface area (Å²) in [7, 11) is 0. The molecular weight excluding hydrogens is 294 g/mol. The maximum atomic E-state index is 4.22. The van der Waals surface area contributed by atoms with Crippen molar-refractivity contribution < 1.29 is 0 Å². The summed E-state index contributed by atoms with van der Waals surface area (Å²) in [6, 6.07) is 3.98. The van der Waals surface area contributed by atoms with E-state index >= 15 is 0 Å². The second-order valence-electron chi connectivity index (χ2n) is 7.79. The molecular formula is C21H33N3. The molecule has 1 heterocycles. The van der Waals surface area contributed by atoms with E-state index in [9.17, 15) is 0 Å². The molecule has 24 heavy (non-hydrogen) atoms. The summed E-state index contributed by atoms with van der Waals surface area (Å²) >= 11 is 0. The summed E-state index contributed by atoms with van der Waals surface area (Å²) in [6.07, 6.45) is 5.65. The van der Waals surface area contributed by atoms with E-state index < -0.39 is 0 Å². The summed E-state index contributed by atoms with van der Waals surface area (Å²) < 4.78 is 0. The summed E-state index contributed by atoms with van der Waals surface area (Å²) in [5, 5.41) is 6.68. The fraction of sp³-hybridized carbons (Fsp3) is 0.476. The van der Waals surface area contributed by atoms with Crippen LogP contribution in [-0.2, 0) is 6.54 Å². The first-order valence-corrected chi connectivity index (χ1v) is 8.57. The van der Waals surface area contributed by atoms with Crippen molar-refractivity contribution in [2.75, 3.05) is 6.54 Å². The Labute approximate surface area is 148 Å². The van der Waals surface area contributed by atoms with Crippen molar-refractivity contribution in [1.82, 2.24) is 15.6 Å². The molecule has 0 aliphatic heterocycles. The average Bonchev–Trinajstić information content (AvgIpc) is 2.49. The molecule has 0 saturated carbocycles. The number of hydrogen-bond acceptors (Lipinski definition) is 3. The summed E-state index contributed by atoms with van der Waals surface area (Å²) in [5.74, 6) is 0.367. The van der Waals surface area contributed by atoms with Gasteiger partial charge in [-0.25, -0.2) is 0 Å². The lowest BCUT2D eigenvalue weighted by atomic mass is 9.85. The highest BCUT2D eigenvalue weighted by Crippen LogP contribution is 2.27. The molecule has 1 aromatic heterocycles. The van der Waals surface area contributed by atoms with Crippen LogP contribution in [0.2, 0.25) is 0 Å². The first-order valence-electron chi connectivity index (χ1n) is 8.57. The molecule has 0 fully saturated rings. The van der Waals surface area contributed by atoms with Crippen molar-refractivity contribution in [1.29, 1.82) is 0 Å². The minimum absolute atomic E-state index is 0.288. The molecule has 1 atom stereocenters. The first kappa shape index (κ1) is 20.0. The minimum atomic E-state index is 0.288. The molecule has 0 aliphatic carbocycles. The molecule has 1 unspecified atom stereocenters. The van der Waals surface area contributed by atoms with Crippen LogP contribution in [-0.4, -0.2) is 11.5 Å². The second kappa shape index (κ2) is 9.31. The van der Waals surface area contributed by atoms with Gasteiger partial charge in [-0.2, -0.15) is 0 Å². The molecule has 0 aliphatic rings. The Kier molecular flexibility index (Phi) is 7.76. The third-order valence-electron chi connectivity index (χ3n) is 3.76. The average molecular weight is 328 g/mol. The number of rotatable bonds is 10. The molecule has 3 heteroatoms. The molecule has 0 saturated heterocycles. The molecule has 0 radical (unpaired) electrons. The van der Waals surface area contributed by atoms with Crippen molar-refractivity contribution in [3.63, 3.8) is 0 Å². The fourth-order valence-electron chi connectivity index (χ4n) is 2.57. The fourth-order valence-corrected chi connectivity index (χ4v) is 2.57. The van der Waals surface area contributed by atoms with Crippen LogP contribution >= 0.6 is 0 Å². The number of nitrogens with zero attached hydrogens (tertiary/aromatic N) is 1. The predicted octanol–water partition coefficient (Wildman–Crippen LogP) is 4.81. The van der Waals surface area contributed by atoms with E-state index in [1.165, 1.54) is 5.57 Å². The van der Waals surface area contributed by atoms with Crippen molar-refractivity contribution in [2.24, 2.45) is 11.3 Å². The monoisotopic (exact) mass is 327 g/mol. The van der Waals surface area contributed by atoms with Gasteiger partial charge >= 0.3 is 0 Å². The zero-order chi connectivity index (χ0) is 18.2. The predicted molar refractivity (Wildman–Crippen MR) is 104 cm³/mol. The summed E-state index contributed by atoms with van der Waals surface area (Å²) in [6.45, 7) is 22.8. The van der Waals surface area contributed by atoms with E-state index in [2.05, 4.69) is 63.0 Å². The lowest BCUT2D eigenvalue weighted by molar-refractivity contribution is 0.398. The van der Waals surface area contributed by atoms with Crippen LogP contribution in [0.25, 0.3) is 0 Å². The van der Waals surface area contributed by atoms with Crippen molar-refractivity contribution in [2.45, 2.75) is 47.1 Å². The smallest absolute Gasteiger partial charge is 0.0538 e. The summed E-state index contributed by atoms with van der Waals surface area (Å²) in [5.41, 5.74) is 4.70. The highest BCUT2D eigenvalue weighted by molar-refractivity contribution is 5.11. The molecule has 0 aromatic carbocycles. The van der Waals surface area contributed by atoms with Crippen LogP contribution in [0.1, 0.15) is 46.1 Å². The number of hydrogen-bond donors (Lipinski definition) is 2. The van der Waals surface area contributed by atoms with Crippen LogP contribution in [0.15, 0.2) is 61.2 Å². The van der Waals surface area contributed by atoms with Gasteiger partial charge in [0, 0.05) is 30.3 Å². The van der Waals surface area contributed by atoms with E-state index in [1.54, 1.807) is 6.20 Å². The third-order valence-corrected chi connectivity index (χ3v) is 3.76. The van der Waals surface area contributed by atoms with Crippen LogP contribution in [0.5, 0.6) is 0 Å². The minimum Gasteiger partial charge on any atom is -0.383 e. The van der Waals surface area contributed by atoms with E-state index in [0.29, 0.717) is 12.5 Å². The van der Waals surface area contributed by atoms with E-state index in [-0.39, 0.29) is 5.41 Å². The maximum Gasteiger partial charge on any atom is 0.0538 e. The zero-order valence-corrected chi connectivity index (χ0v) is 15.8. The summed E-state index contributed by atoms with van der Waals surface area (Å²) in [4.78, 5) is 4.11. The normalized spacial score (nSPS) is 12.3. The van der Waals surface area contributed by atoms with Gasteiger partial charge in [0.2, 0.25) is 0 Å². The number of pyridine rings is 1. The first-order chi connectivity index (χ1) is 11.2. The highest BCUT2D eigenvalue weighted by atomic mass is 15.0. The Bertz CT molecular complexity index is 552. The van der Waals surface area contributed by atoms with Gasteiger partial charge in [-0.3, -0.25) is 4.98 Å². The Morgan fingerprint density at radius 2 is 1.92 bits per heavy atom. The van der Waals surface area contributed by atoms with Gasteiger partial charge in [-0.1, -0.05) is 59.1 Å². The Balaban J connectivity index is 2.29. The third kappa shape index (κ3) is 8.56. The molecule has 3 nitrogen and oxygen atoms in total. The molecule has 0 bridgehead atoms. The van der Waals surface area contributed by atoms with Crippen molar-refractivity contribution >= 4 is 0 Å². The lowest BCUT2D eigenvalue weighted by Gasteiger charge is -2.23. The SMILES string of the molecule is C=C(CC(C)C(=C)NCC(=C)NCc1cccnc1)CC(C)(C)C. The van der Waals surface area contributed by atoms with Gasteiger partial charge in [-0.15, -0.1) is 0 Å². The van der Waals surface area contributed by atoms with Gasteiger partial charge in [-0.05, 0) is 35.8 Å². The number of aromatic nitrogens is 1. The van der Waals surface area contributed by atoms with Gasteiger partial charge in [0.05, 0.1) is 6.54 Å². The molecule has 0 amide bonds. The van der Waals surface area contributed by atoms with Crippen molar-refractivity contribution in [3.05, 3.63) is 66.8 Å². The van der Waals surface area contributed by atoms with Gasteiger partial charge < -0.3 is 10.6 Å². The molecule has 0 spiro atoms. The Hall–Kier alpha value is -2.03. The van der Waals surface area contributed by atoms with Crippen LogP contribution in [0, 0.1) is 11.3 Å². The molecule has 2 N–H and O–H groups in total. The molecule has 132 valence electrons. The standard InChI is InChI=1S/C21H33N3/c1-16(12-21(5,6)7)11-17(2)19(4)24-13-18(3)23-15-20-9-8-10-22-14-20/h8-10,14,17,23-24H,1,3-4,11-13,15H2,2,5-7H3. The van der Waals surface area contributed by atoms with Crippen molar-refractivity contribution in [3.8, 4) is 0 Å². The number of allylic oxidation sites excluding steroid dienone is 2. The van der Waals surface area contributed by atoms with Crippen LogP contribution in [0.4, 0.5) is 0 Å². The molecule has 1 aromatic rings. The van der Waals surface area contributed by atoms with E-state index in [1.807, 2.05) is 18.3 Å². The number of nitrogens with one attached hydrogen (secondary N) is 2. The van der Waals surface area contributed by atoms with E-state index in [4.69, 9.17) is 0 Å². The van der Waals surface area contributed by atoms with Gasteiger partial charge in [0.15, 0.2) is 0 Å². The Morgan fingerprint density at radius 3 is 2.50 bits per heavy atom. The Morgan fingerprint density at radius 1 is 1.21 bits per heavy atom. The quantitative estimate of drug-likeness (QED) is 0.606. The van der Waals surface area contributed by atoms with Crippen LogP contribution < -0.4 is 10.6 Å². The maximum absolute atomic E-state index is 4.22.